The fourth-order valence-electron chi connectivity index (χ4n) is 5.71. The normalized spacial score (nSPS) is 21.1. The van der Waals surface area contributed by atoms with Crippen molar-refractivity contribution in [2.45, 2.75) is 59.3 Å². The average molecular weight is 441 g/mol. The van der Waals surface area contributed by atoms with Crippen LogP contribution in [-0.4, -0.2) is 11.4 Å². The molecule has 3 nitrogen and oxygen atoms in total. The first-order valence-corrected chi connectivity index (χ1v) is 12.5. The zero-order valence-corrected chi connectivity index (χ0v) is 20.2. The molecule has 2 aromatic carbocycles. The number of benzene rings is 2. The Kier molecular flexibility index (Phi) is 7.59. The summed E-state index contributed by atoms with van der Waals surface area (Å²) in [6, 6.07) is 20.8. The molecule has 3 heteroatoms. The predicted octanol–water partition coefficient (Wildman–Crippen LogP) is 7.69. The summed E-state index contributed by atoms with van der Waals surface area (Å²) in [7, 11) is 0. The lowest BCUT2D eigenvalue weighted by Crippen LogP contribution is -2.04. The van der Waals surface area contributed by atoms with Gasteiger partial charge in [0, 0.05) is 5.56 Å². The molecule has 2 aliphatic carbocycles. The van der Waals surface area contributed by atoms with Crippen molar-refractivity contribution in [2.24, 2.45) is 17.8 Å². The van der Waals surface area contributed by atoms with Gasteiger partial charge in [0.15, 0.2) is 0 Å². The zero-order chi connectivity index (χ0) is 23.2. The number of fused-ring (bicyclic) bond motifs is 1. The van der Waals surface area contributed by atoms with Crippen molar-refractivity contribution in [3.8, 4) is 22.4 Å². The summed E-state index contributed by atoms with van der Waals surface area (Å²) >= 11 is 0. The highest BCUT2D eigenvalue weighted by atomic mass is 16.1. The van der Waals surface area contributed by atoms with E-state index < -0.39 is 0 Å². The molecular weight excluding hydrogens is 404 g/mol. The number of pyridine rings is 1. The Morgan fingerprint density at radius 2 is 1.64 bits per heavy atom. The number of amides is 1. The van der Waals surface area contributed by atoms with E-state index in [0.717, 1.165) is 41.0 Å². The zero-order valence-electron chi connectivity index (χ0n) is 20.2. The third kappa shape index (κ3) is 5.35. The fraction of sp³-hybridized carbons (Fsp3) is 0.400. The molecule has 3 atom stereocenters. The number of aromatic nitrogens is 1. The Hall–Kier alpha value is -2.94. The van der Waals surface area contributed by atoms with Gasteiger partial charge in [-0.25, -0.2) is 4.98 Å². The molecule has 1 N–H and O–H groups in total. The number of hydrogen-bond donors (Lipinski definition) is 1. The Labute approximate surface area is 198 Å². The molecule has 2 aliphatic rings. The standard InChI is InChI=1S/C21H20N2O.C9H16/c1-3-16-13-15(2)21(22-14-24)23-20(16)19-11-9-18(10-12-19)17-7-5-4-6-8-17;1-7-5-6-8-3-2-4-9(7)8/h4-14H,3H2,1-2H3,(H,22,23,24);7-9H,2-6H2,1H3. The number of nitrogens with zero attached hydrogens (tertiary/aromatic N) is 1. The van der Waals surface area contributed by atoms with E-state index in [1.165, 1.54) is 29.5 Å². The molecule has 2 saturated carbocycles. The van der Waals surface area contributed by atoms with E-state index in [1.807, 2.05) is 25.1 Å². The first kappa shape index (κ1) is 23.2. The van der Waals surface area contributed by atoms with E-state index in [0.29, 0.717) is 12.2 Å². The second kappa shape index (κ2) is 10.8. The van der Waals surface area contributed by atoms with Crippen molar-refractivity contribution in [3.05, 3.63) is 71.8 Å². The molecule has 33 heavy (non-hydrogen) atoms. The van der Waals surface area contributed by atoms with E-state index in [-0.39, 0.29) is 0 Å². The summed E-state index contributed by atoms with van der Waals surface area (Å²) in [5.41, 5.74) is 6.50. The van der Waals surface area contributed by atoms with Crippen molar-refractivity contribution >= 4 is 12.2 Å². The highest BCUT2D eigenvalue weighted by Gasteiger charge is 2.36. The van der Waals surface area contributed by atoms with E-state index in [9.17, 15) is 4.79 Å². The van der Waals surface area contributed by atoms with Crippen LogP contribution in [0.3, 0.4) is 0 Å². The molecule has 1 heterocycles. The molecule has 0 saturated heterocycles. The summed E-state index contributed by atoms with van der Waals surface area (Å²) in [5.74, 6) is 3.98. The van der Waals surface area contributed by atoms with Crippen LogP contribution in [0.1, 0.15) is 57.1 Å². The van der Waals surface area contributed by atoms with E-state index in [2.05, 4.69) is 66.6 Å². The first-order valence-electron chi connectivity index (χ1n) is 12.5. The topological polar surface area (TPSA) is 42.0 Å². The van der Waals surface area contributed by atoms with E-state index in [1.54, 1.807) is 19.3 Å². The largest absolute Gasteiger partial charge is 0.313 e. The minimum atomic E-state index is 0.615. The summed E-state index contributed by atoms with van der Waals surface area (Å²) < 4.78 is 0. The maximum absolute atomic E-state index is 10.8. The summed E-state index contributed by atoms with van der Waals surface area (Å²) in [5, 5.41) is 2.68. The Bertz CT molecular complexity index is 1060. The summed E-state index contributed by atoms with van der Waals surface area (Å²) in [6.45, 7) is 6.52. The SMILES string of the molecule is CC1CCC2CCCC12.CCc1cc(C)c(NC=O)nc1-c1ccc(-c2ccccc2)cc1. The quantitative estimate of drug-likeness (QED) is 0.413. The van der Waals surface area contributed by atoms with Gasteiger partial charge < -0.3 is 5.32 Å². The van der Waals surface area contributed by atoms with Gasteiger partial charge >= 0.3 is 0 Å². The van der Waals surface area contributed by atoms with Crippen molar-refractivity contribution in [3.63, 3.8) is 0 Å². The lowest BCUT2D eigenvalue weighted by Gasteiger charge is -2.12. The van der Waals surface area contributed by atoms with Gasteiger partial charge in [0.05, 0.1) is 5.69 Å². The number of carbonyl (C=O) groups is 1. The number of carbonyl (C=O) groups excluding carboxylic acids is 1. The monoisotopic (exact) mass is 440 g/mol. The average Bonchev–Trinajstić information content (AvgIpc) is 3.47. The molecule has 0 spiro atoms. The summed E-state index contributed by atoms with van der Waals surface area (Å²) in [4.78, 5) is 15.4. The van der Waals surface area contributed by atoms with Crippen molar-refractivity contribution in [2.75, 3.05) is 5.32 Å². The van der Waals surface area contributed by atoms with Crippen LogP contribution in [0.25, 0.3) is 22.4 Å². The third-order valence-electron chi connectivity index (χ3n) is 7.58. The summed E-state index contributed by atoms with van der Waals surface area (Å²) in [6.07, 6.45) is 9.26. The first-order chi connectivity index (χ1) is 16.1. The second-order valence-electron chi connectivity index (χ2n) is 9.63. The van der Waals surface area contributed by atoms with Crippen LogP contribution in [0.15, 0.2) is 60.7 Å². The second-order valence-corrected chi connectivity index (χ2v) is 9.63. The van der Waals surface area contributed by atoms with Crippen LogP contribution in [0.2, 0.25) is 0 Å². The lowest BCUT2D eigenvalue weighted by atomic mass is 9.94. The molecule has 0 aliphatic heterocycles. The van der Waals surface area contributed by atoms with Gasteiger partial charge in [0.2, 0.25) is 6.41 Å². The molecule has 3 unspecified atom stereocenters. The number of nitrogens with one attached hydrogen (secondary N) is 1. The van der Waals surface area contributed by atoms with Crippen LogP contribution in [0.5, 0.6) is 0 Å². The van der Waals surface area contributed by atoms with Crippen LogP contribution in [0, 0.1) is 24.7 Å². The molecular formula is C30H36N2O. The van der Waals surface area contributed by atoms with Crippen LogP contribution < -0.4 is 5.32 Å². The van der Waals surface area contributed by atoms with Gasteiger partial charge in [-0.1, -0.05) is 93.8 Å². The van der Waals surface area contributed by atoms with E-state index >= 15 is 0 Å². The van der Waals surface area contributed by atoms with Gasteiger partial charge in [-0.2, -0.15) is 0 Å². The van der Waals surface area contributed by atoms with Crippen molar-refractivity contribution in [1.82, 2.24) is 4.98 Å². The Balaban J connectivity index is 0.000000238. The van der Waals surface area contributed by atoms with Gasteiger partial charge in [-0.05, 0) is 66.2 Å². The molecule has 0 bridgehead atoms. The van der Waals surface area contributed by atoms with Gasteiger partial charge in [0.25, 0.3) is 0 Å². The highest BCUT2D eigenvalue weighted by molar-refractivity contribution is 5.75. The minimum Gasteiger partial charge on any atom is -0.313 e. The highest BCUT2D eigenvalue weighted by Crippen LogP contribution is 2.47. The molecule has 3 aromatic rings. The van der Waals surface area contributed by atoms with Gasteiger partial charge in [-0.3, -0.25) is 4.79 Å². The number of aryl methyl sites for hydroxylation is 2. The Morgan fingerprint density at radius 1 is 0.939 bits per heavy atom. The molecule has 2 fully saturated rings. The smallest absolute Gasteiger partial charge is 0.212 e. The molecule has 0 radical (unpaired) electrons. The number of anilines is 1. The minimum absolute atomic E-state index is 0.615. The molecule has 5 rings (SSSR count). The third-order valence-corrected chi connectivity index (χ3v) is 7.58. The van der Waals surface area contributed by atoms with Crippen molar-refractivity contribution in [1.29, 1.82) is 0 Å². The molecule has 1 amide bonds. The van der Waals surface area contributed by atoms with Crippen molar-refractivity contribution < 1.29 is 4.79 Å². The molecule has 1 aromatic heterocycles. The fourth-order valence-corrected chi connectivity index (χ4v) is 5.71. The van der Waals surface area contributed by atoms with Crippen LogP contribution in [0.4, 0.5) is 5.82 Å². The van der Waals surface area contributed by atoms with Gasteiger partial charge in [-0.15, -0.1) is 0 Å². The number of rotatable bonds is 5. The lowest BCUT2D eigenvalue weighted by molar-refractivity contribution is -0.105. The maximum Gasteiger partial charge on any atom is 0.212 e. The number of hydrogen-bond acceptors (Lipinski definition) is 2. The maximum atomic E-state index is 10.8. The van der Waals surface area contributed by atoms with Gasteiger partial charge in [0.1, 0.15) is 5.82 Å². The predicted molar refractivity (Wildman–Crippen MR) is 138 cm³/mol. The van der Waals surface area contributed by atoms with Crippen LogP contribution >= 0.6 is 0 Å². The van der Waals surface area contributed by atoms with Crippen LogP contribution in [-0.2, 0) is 11.2 Å². The van der Waals surface area contributed by atoms with E-state index in [4.69, 9.17) is 0 Å². The molecule has 172 valence electrons. The Morgan fingerprint density at radius 3 is 2.30 bits per heavy atom.